The second-order valence-corrected chi connectivity index (χ2v) is 11.0. The number of benzene rings is 2. The number of likely N-dealkylation sites (N-methyl/N-ethyl adjacent to an activating group) is 1. The number of rotatable bonds is 10. The fourth-order valence-corrected chi connectivity index (χ4v) is 5.69. The average molecular weight is 507 g/mol. The summed E-state index contributed by atoms with van der Waals surface area (Å²) >= 11 is 0. The standard InChI is InChI=1S/C27H30N4O4S/c1-4-35-26(32)17-22(16-20-8-6-5-7-9-20)31(3)36(33,34)23-12-10-21(11-13-23)18-27(2)29-24-14-15-28-19-25(24)30-27/h5-15,19,22H,4,16-18H2,1-3H3. The molecule has 0 radical (unpaired) electrons. The van der Waals surface area contributed by atoms with Crippen LogP contribution in [0.5, 0.6) is 0 Å². The highest BCUT2D eigenvalue weighted by atomic mass is 32.2. The van der Waals surface area contributed by atoms with E-state index < -0.39 is 27.7 Å². The van der Waals surface area contributed by atoms with Gasteiger partial charge in [0, 0.05) is 25.7 Å². The van der Waals surface area contributed by atoms with Gasteiger partial charge in [-0.2, -0.15) is 4.31 Å². The smallest absolute Gasteiger partial charge is 0.307 e. The zero-order valence-corrected chi connectivity index (χ0v) is 21.5. The van der Waals surface area contributed by atoms with Gasteiger partial charge in [-0.25, -0.2) is 8.42 Å². The molecule has 0 saturated heterocycles. The first-order chi connectivity index (χ1) is 17.2. The molecule has 2 aromatic carbocycles. The predicted molar refractivity (Wildman–Crippen MR) is 135 cm³/mol. The Labute approximate surface area is 211 Å². The van der Waals surface area contributed by atoms with Crippen molar-refractivity contribution in [3.05, 3.63) is 94.9 Å². The molecule has 3 aromatic rings. The molecule has 1 aromatic heterocycles. The van der Waals surface area contributed by atoms with Gasteiger partial charge in [0.1, 0.15) is 5.36 Å². The minimum absolute atomic E-state index is 0.0344. The van der Waals surface area contributed by atoms with E-state index in [1.165, 1.54) is 11.4 Å². The largest absolute Gasteiger partial charge is 0.466 e. The zero-order valence-electron chi connectivity index (χ0n) is 20.7. The first kappa shape index (κ1) is 25.7. The number of sulfonamides is 1. The second-order valence-electron chi connectivity index (χ2n) is 9.00. The molecular weight excluding hydrogens is 476 g/mol. The van der Waals surface area contributed by atoms with E-state index in [2.05, 4.69) is 9.98 Å². The number of hydrogen-bond acceptors (Lipinski definition) is 7. The average Bonchev–Trinajstić information content (AvgIpc) is 3.20. The number of carbonyl (C=O) groups excluding carboxylic acids is 1. The van der Waals surface area contributed by atoms with Crippen LogP contribution in [0.1, 0.15) is 31.4 Å². The fraction of sp³-hybridized carbons (Fsp3) is 0.333. The monoisotopic (exact) mass is 506 g/mol. The van der Waals surface area contributed by atoms with Crippen LogP contribution >= 0.6 is 0 Å². The molecule has 2 atom stereocenters. The number of esters is 1. The van der Waals surface area contributed by atoms with Crippen LogP contribution in [-0.4, -0.2) is 49.0 Å². The maximum Gasteiger partial charge on any atom is 0.307 e. The van der Waals surface area contributed by atoms with Crippen LogP contribution in [0.2, 0.25) is 0 Å². The highest BCUT2D eigenvalue weighted by molar-refractivity contribution is 7.89. The zero-order chi connectivity index (χ0) is 25.8. The van der Waals surface area contributed by atoms with Gasteiger partial charge in [0.05, 0.1) is 29.5 Å². The first-order valence-electron chi connectivity index (χ1n) is 11.9. The van der Waals surface area contributed by atoms with Gasteiger partial charge in [0.25, 0.3) is 0 Å². The van der Waals surface area contributed by atoms with E-state index in [-0.39, 0.29) is 17.9 Å². The Balaban J connectivity index is 1.53. The van der Waals surface area contributed by atoms with E-state index in [0.29, 0.717) is 12.8 Å². The number of fused-ring (bicyclic) bond motifs is 1. The second kappa shape index (κ2) is 10.7. The number of nitrogens with zero attached hydrogens (tertiary/aromatic N) is 4. The summed E-state index contributed by atoms with van der Waals surface area (Å²) in [6.45, 7) is 3.91. The van der Waals surface area contributed by atoms with Crippen molar-refractivity contribution < 1.29 is 17.9 Å². The van der Waals surface area contributed by atoms with Crippen LogP contribution in [0.4, 0.5) is 0 Å². The van der Waals surface area contributed by atoms with Crippen LogP contribution in [0.15, 0.2) is 87.9 Å². The SMILES string of the molecule is CCOC(=O)CC(Cc1ccccc1)N(C)S(=O)(=O)c1ccc(CC2(C)N=c3ccncc3=N2)cc1. The predicted octanol–water partition coefficient (Wildman–Crippen LogP) is 2.48. The fourth-order valence-electron chi connectivity index (χ4n) is 4.34. The normalized spacial score (nSPS) is 17.7. The van der Waals surface area contributed by atoms with Crippen molar-refractivity contribution in [1.82, 2.24) is 9.29 Å². The molecule has 4 rings (SSSR count). The molecule has 2 unspecified atom stereocenters. The Morgan fingerprint density at radius 3 is 2.36 bits per heavy atom. The summed E-state index contributed by atoms with van der Waals surface area (Å²) in [5.74, 6) is -0.427. The summed E-state index contributed by atoms with van der Waals surface area (Å²) in [4.78, 5) is 25.9. The van der Waals surface area contributed by atoms with E-state index in [9.17, 15) is 13.2 Å². The topological polar surface area (TPSA) is 101 Å². The number of carbonyl (C=O) groups is 1. The lowest BCUT2D eigenvalue weighted by molar-refractivity contribution is -0.144. The van der Waals surface area contributed by atoms with Crippen molar-refractivity contribution in [2.75, 3.05) is 13.7 Å². The summed E-state index contributed by atoms with van der Waals surface area (Å²) < 4.78 is 33.4. The highest BCUT2D eigenvalue weighted by Crippen LogP contribution is 2.24. The molecular formula is C27H30N4O4S. The van der Waals surface area contributed by atoms with Crippen molar-refractivity contribution in [3.8, 4) is 0 Å². The molecule has 0 amide bonds. The van der Waals surface area contributed by atoms with Crippen LogP contribution in [-0.2, 0) is 32.4 Å². The Kier molecular flexibility index (Phi) is 7.61. The van der Waals surface area contributed by atoms with Gasteiger partial charge in [-0.3, -0.25) is 19.8 Å². The van der Waals surface area contributed by atoms with Crippen LogP contribution < -0.4 is 10.7 Å². The van der Waals surface area contributed by atoms with E-state index in [0.717, 1.165) is 21.8 Å². The maximum absolute atomic E-state index is 13.5. The van der Waals surface area contributed by atoms with Gasteiger partial charge in [0.2, 0.25) is 10.0 Å². The first-order valence-corrected chi connectivity index (χ1v) is 13.3. The third-order valence-electron chi connectivity index (χ3n) is 6.18. The summed E-state index contributed by atoms with van der Waals surface area (Å²) in [7, 11) is -2.34. The Morgan fingerprint density at radius 1 is 1.00 bits per heavy atom. The van der Waals surface area contributed by atoms with Crippen molar-refractivity contribution in [2.24, 2.45) is 9.98 Å². The molecule has 9 heteroatoms. The molecule has 0 N–H and O–H groups in total. The van der Waals surface area contributed by atoms with E-state index >= 15 is 0 Å². The van der Waals surface area contributed by atoms with Crippen LogP contribution in [0.3, 0.4) is 0 Å². The third-order valence-corrected chi connectivity index (χ3v) is 8.10. The summed E-state index contributed by atoms with van der Waals surface area (Å²) in [6, 6.07) is 17.5. The molecule has 0 fully saturated rings. The molecule has 2 heterocycles. The van der Waals surface area contributed by atoms with Gasteiger partial charge in [-0.05, 0) is 49.6 Å². The quantitative estimate of drug-likeness (QED) is 0.393. The number of aromatic nitrogens is 1. The third kappa shape index (κ3) is 5.85. The molecule has 1 aliphatic heterocycles. The van der Waals surface area contributed by atoms with Crippen LogP contribution in [0, 0.1) is 0 Å². The van der Waals surface area contributed by atoms with Gasteiger partial charge in [-0.15, -0.1) is 0 Å². The van der Waals surface area contributed by atoms with Gasteiger partial charge in [0.15, 0.2) is 5.66 Å². The van der Waals surface area contributed by atoms with E-state index in [1.807, 2.05) is 43.3 Å². The van der Waals surface area contributed by atoms with Crippen molar-refractivity contribution in [1.29, 1.82) is 0 Å². The van der Waals surface area contributed by atoms with Crippen LogP contribution in [0.25, 0.3) is 0 Å². The lowest BCUT2D eigenvalue weighted by Gasteiger charge is -2.27. The number of ether oxygens (including phenoxy) is 1. The van der Waals surface area contributed by atoms with Gasteiger partial charge in [-0.1, -0.05) is 42.5 Å². The Morgan fingerprint density at radius 2 is 1.69 bits per heavy atom. The highest BCUT2D eigenvalue weighted by Gasteiger charge is 2.31. The molecule has 1 aliphatic rings. The van der Waals surface area contributed by atoms with E-state index in [4.69, 9.17) is 9.73 Å². The summed E-state index contributed by atoms with van der Waals surface area (Å²) in [6.07, 6.45) is 4.26. The molecule has 188 valence electrons. The Hall–Kier alpha value is -3.43. The lowest BCUT2D eigenvalue weighted by atomic mass is 10.0. The molecule has 8 nitrogen and oxygen atoms in total. The molecule has 0 spiro atoms. The number of pyridine rings is 1. The minimum Gasteiger partial charge on any atom is -0.466 e. The number of hydrogen-bond donors (Lipinski definition) is 0. The lowest BCUT2D eigenvalue weighted by Crippen LogP contribution is -2.40. The van der Waals surface area contributed by atoms with Gasteiger partial charge < -0.3 is 4.74 Å². The summed E-state index contributed by atoms with van der Waals surface area (Å²) in [5, 5.41) is 1.56. The summed E-state index contributed by atoms with van der Waals surface area (Å²) in [5.41, 5.74) is 1.20. The van der Waals surface area contributed by atoms with Crippen molar-refractivity contribution in [3.63, 3.8) is 0 Å². The minimum atomic E-state index is -3.85. The Bertz CT molecular complexity index is 1410. The van der Waals surface area contributed by atoms with Gasteiger partial charge >= 0.3 is 5.97 Å². The maximum atomic E-state index is 13.5. The van der Waals surface area contributed by atoms with E-state index in [1.54, 1.807) is 43.6 Å². The van der Waals surface area contributed by atoms with Crippen molar-refractivity contribution >= 4 is 16.0 Å². The molecule has 0 aliphatic carbocycles. The molecule has 0 saturated carbocycles. The molecule has 0 bridgehead atoms. The molecule has 36 heavy (non-hydrogen) atoms. The van der Waals surface area contributed by atoms with Crippen molar-refractivity contribution in [2.45, 2.75) is 49.7 Å².